The lowest BCUT2D eigenvalue weighted by Gasteiger charge is -2.17. The van der Waals surface area contributed by atoms with Crippen LogP contribution in [0.3, 0.4) is 0 Å². The number of amides is 1. The third-order valence-electron chi connectivity index (χ3n) is 4.13. The van der Waals surface area contributed by atoms with Crippen LogP contribution < -0.4 is 11.0 Å². The Hall–Kier alpha value is -3.01. The molecule has 0 saturated carbocycles. The van der Waals surface area contributed by atoms with Crippen LogP contribution in [0, 0.1) is 6.92 Å². The van der Waals surface area contributed by atoms with E-state index in [9.17, 15) is 18.0 Å². The fourth-order valence-electron chi connectivity index (χ4n) is 2.43. The number of nitrogens with zero attached hydrogens (tertiary/aromatic N) is 4. The highest BCUT2D eigenvalue weighted by Crippen LogP contribution is 2.22. The molecule has 0 fully saturated rings. The largest absolute Gasteiger partial charge is 0.367 e. The topological polar surface area (TPSA) is 115 Å². The normalized spacial score (nSPS) is 12.3. The van der Waals surface area contributed by atoms with E-state index in [0.717, 1.165) is 14.8 Å². The van der Waals surface area contributed by atoms with Crippen molar-refractivity contribution in [2.45, 2.75) is 44.0 Å². The zero-order valence-electron chi connectivity index (χ0n) is 16.0. The molecule has 3 rings (SSSR count). The highest BCUT2D eigenvalue weighted by molar-refractivity contribution is 7.92. The summed E-state index contributed by atoms with van der Waals surface area (Å²) in [6.07, 6.45) is 0. The molecule has 0 radical (unpaired) electrons. The minimum Gasteiger partial charge on any atom is -0.324 e. The van der Waals surface area contributed by atoms with Gasteiger partial charge < -0.3 is 5.32 Å². The molecule has 2 aromatic heterocycles. The van der Waals surface area contributed by atoms with Gasteiger partial charge in [0.25, 0.3) is 0 Å². The molecule has 0 spiro atoms. The molecule has 0 saturated heterocycles. The average Bonchev–Trinajstić information content (AvgIpc) is 2.91. The molecule has 1 aromatic carbocycles. The predicted octanol–water partition coefficient (Wildman–Crippen LogP) is 1.41. The molecule has 1 N–H and O–H groups in total. The van der Waals surface area contributed by atoms with Crippen LogP contribution in [-0.4, -0.2) is 38.5 Å². The van der Waals surface area contributed by atoms with Gasteiger partial charge in [-0.05, 0) is 52.0 Å². The Morgan fingerprint density at radius 2 is 1.71 bits per heavy atom. The van der Waals surface area contributed by atoms with Gasteiger partial charge in [-0.3, -0.25) is 4.79 Å². The summed E-state index contributed by atoms with van der Waals surface area (Å²) in [7, 11) is -3.73. The summed E-state index contributed by atoms with van der Waals surface area (Å²) in [6, 6.07) is 9.91. The van der Waals surface area contributed by atoms with E-state index in [1.54, 1.807) is 32.9 Å². The van der Waals surface area contributed by atoms with Crippen molar-refractivity contribution >= 4 is 27.1 Å². The molecule has 0 bridgehead atoms. The standard InChI is InChI=1S/C18H21N5O4S/c1-12-5-7-13(8-6-12)19-15(24)11-22-17(25)23-14(20-22)9-10-16(21-23)28(26,27)18(2,3)4/h5-10H,11H2,1-4H3,(H,19,24). The van der Waals surface area contributed by atoms with E-state index in [4.69, 9.17) is 0 Å². The minimum absolute atomic E-state index is 0.154. The number of rotatable bonds is 4. The van der Waals surface area contributed by atoms with Crippen molar-refractivity contribution < 1.29 is 13.2 Å². The molecular formula is C18H21N5O4S. The van der Waals surface area contributed by atoms with Gasteiger partial charge in [0, 0.05) is 5.69 Å². The Morgan fingerprint density at radius 3 is 2.32 bits per heavy atom. The number of benzene rings is 1. The SMILES string of the molecule is Cc1ccc(NC(=O)Cn2nc3ccc(S(=O)(=O)C(C)(C)C)nn3c2=O)cc1. The summed E-state index contributed by atoms with van der Waals surface area (Å²) in [5, 5.41) is 10.4. The first-order valence-electron chi connectivity index (χ1n) is 8.57. The van der Waals surface area contributed by atoms with Crippen molar-refractivity contribution in [2.24, 2.45) is 0 Å². The number of carbonyl (C=O) groups is 1. The molecule has 10 heteroatoms. The van der Waals surface area contributed by atoms with Gasteiger partial charge in [0.2, 0.25) is 15.7 Å². The Labute approximate surface area is 161 Å². The Kier molecular flexibility index (Phi) is 4.84. The number of nitrogens with one attached hydrogen (secondary N) is 1. The lowest BCUT2D eigenvalue weighted by Crippen LogP contribution is -2.31. The van der Waals surface area contributed by atoms with E-state index in [-0.39, 0.29) is 17.2 Å². The van der Waals surface area contributed by atoms with Gasteiger partial charge in [-0.15, -0.1) is 10.2 Å². The monoisotopic (exact) mass is 403 g/mol. The van der Waals surface area contributed by atoms with E-state index in [1.165, 1.54) is 12.1 Å². The van der Waals surface area contributed by atoms with Crippen molar-refractivity contribution in [1.82, 2.24) is 19.4 Å². The zero-order chi connectivity index (χ0) is 20.7. The molecule has 9 nitrogen and oxygen atoms in total. The molecule has 1 amide bonds. The quantitative estimate of drug-likeness (QED) is 0.704. The summed E-state index contributed by atoms with van der Waals surface area (Å²) < 4.78 is 25.9. The first kappa shape index (κ1) is 19.7. The lowest BCUT2D eigenvalue weighted by atomic mass is 10.2. The van der Waals surface area contributed by atoms with Crippen LogP contribution in [0.4, 0.5) is 5.69 Å². The maximum Gasteiger partial charge on any atom is 0.367 e. The number of hydrogen-bond acceptors (Lipinski definition) is 6. The van der Waals surface area contributed by atoms with E-state index in [2.05, 4.69) is 15.5 Å². The second kappa shape index (κ2) is 6.86. The number of fused-ring (bicyclic) bond motifs is 1. The smallest absolute Gasteiger partial charge is 0.324 e. The summed E-state index contributed by atoms with van der Waals surface area (Å²) >= 11 is 0. The number of anilines is 1. The van der Waals surface area contributed by atoms with Gasteiger partial charge in [-0.1, -0.05) is 17.7 Å². The van der Waals surface area contributed by atoms with Crippen LogP contribution in [-0.2, 0) is 21.2 Å². The molecular weight excluding hydrogens is 382 g/mol. The number of aryl methyl sites for hydroxylation is 1. The molecule has 0 aliphatic rings. The fraction of sp³-hybridized carbons (Fsp3) is 0.333. The molecule has 0 aliphatic heterocycles. The van der Waals surface area contributed by atoms with Crippen LogP contribution in [0.1, 0.15) is 26.3 Å². The van der Waals surface area contributed by atoms with Crippen LogP contribution >= 0.6 is 0 Å². The second-order valence-electron chi connectivity index (χ2n) is 7.41. The summed E-state index contributed by atoms with van der Waals surface area (Å²) in [5.74, 6) is -0.433. The first-order valence-corrected chi connectivity index (χ1v) is 10.1. The van der Waals surface area contributed by atoms with Gasteiger partial charge in [-0.25, -0.2) is 17.9 Å². The van der Waals surface area contributed by atoms with Crippen molar-refractivity contribution in [3.05, 3.63) is 52.4 Å². The van der Waals surface area contributed by atoms with E-state index < -0.39 is 26.2 Å². The minimum atomic E-state index is -3.73. The van der Waals surface area contributed by atoms with Gasteiger partial charge in [0.15, 0.2) is 10.7 Å². The molecule has 148 valence electrons. The number of carbonyl (C=O) groups excluding carboxylic acids is 1. The van der Waals surface area contributed by atoms with Gasteiger partial charge in [0.05, 0.1) is 4.75 Å². The molecule has 3 aromatic rings. The average molecular weight is 403 g/mol. The van der Waals surface area contributed by atoms with Crippen LogP contribution in [0.25, 0.3) is 5.65 Å². The highest BCUT2D eigenvalue weighted by Gasteiger charge is 2.32. The van der Waals surface area contributed by atoms with Gasteiger partial charge >= 0.3 is 5.69 Å². The maximum absolute atomic E-state index is 12.6. The van der Waals surface area contributed by atoms with Gasteiger partial charge in [0.1, 0.15) is 6.54 Å². The Balaban J connectivity index is 1.89. The summed E-state index contributed by atoms with van der Waals surface area (Å²) in [4.78, 5) is 24.7. The number of aromatic nitrogens is 4. The zero-order valence-corrected chi connectivity index (χ0v) is 16.8. The molecule has 0 atom stereocenters. The van der Waals surface area contributed by atoms with E-state index >= 15 is 0 Å². The molecule has 2 heterocycles. The summed E-state index contributed by atoms with van der Waals surface area (Å²) in [5.41, 5.74) is 1.12. The van der Waals surface area contributed by atoms with Crippen LogP contribution in [0.15, 0.2) is 46.2 Å². The third kappa shape index (κ3) is 3.68. The third-order valence-corrected chi connectivity index (χ3v) is 6.51. The molecule has 28 heavy (non-hydrogen) atoms. The molecule has 0 unspecified atom stereocenters. The van der Waals surface area contributed by atoms with Gasteiger partial charge in [-0.2, -0.15) is 4.52 Å². The lowest BCUT2D eigenvalue weighted by molar-refractivity contribution is -0.117. The molecule has 0 aliphatic carbocycles. The van der Waals surface area contributed by atoms with E-state index in [0.29, 0.717) is 5.69 Å². The van der Waals surface area contributed by atoms with Crippen molar-refractivity contribution in [1.29, 1.82) is 0 Å². The Bertz CT molecular complexity index is 1200. The second-order valence-corrected chi connectivity index (χ2v) is 10.1. The predicted molar refractivity (Wildman–Crippen MR) is 104 cm³/mol. The van der Waals surface area contributed by atoms with Crippen molar-refractivity contribution in [3.8, 4) is 0 Å². The van der Waals surface area contributed by atoms with Crippen molar-refractivity contribution in [2.75, 3.05) is 5.32 Å². The highest BCUT2D eigenvalue weighted by atomic mass is 32.2. The van der Waals surface area contributed by atoms with Crippen LogP contribution in [0.2, 0.25) is 0 Å². The van der Waals surface area contributed by atoms with Crippen molar-refractivity contribution in [3.63, 3.8) is 0 Å². The Morgan fingerprint density at radius 1 is 1.07 bits per heavy atom. The van der Waals surface area contributed by atoms with Crippen LogP contribution in [0.5, 0.6) is 0 Å². The van der Waals surface area contributed by atoms with E-state index in [1.807, 2.05) is 19.1 Å². The fourth-order valence-corrected chi connectivity index (χ4v) is 3.49. The first-order chi connectivity index (χ1) is 13.0. The number of hydrogen-bond donors (Lipinski definition) is 1. The summed E-state index contributed by atoms with van der Waals surface area (Å²) in [6.45, 7) is 6.27. The number of sulfone groups is 1. The maximum atomic E-state index is 12.6.